The summed E-state index contributed by atoms with van der Waals surface area (Å²) < 4.78 is 0. The highest BCUT2D eigenvalue weighted by molar-refractivity contribution is 6.27. The topological polar surface area (TPSA) is 29.4 Å². The van der Waals surface area contributed by atoms with Gasteiger partial charge in [0.15, 0.2) is 5.78 Å². The van der Waals surface area contributed by atoms with Crippen LogP contribution in [0.1, 0.15) is 63.0 Å². The van der Waals surface area contributed by atoms with Crippen molar-refractivity contribution in [1.82, 2.24) is 0 Å². The predicted molar refractivity (Wildman–Crippen MR) is 110 cm³/mol. The zero-order valence-electron chi connectivity index (χ0n) is 16.6. The normalized spacial score (nSPS) is 16.5. The van der Waals surface area contributed by atoms with Crippen LogP contribution in [0.15, 0.2) is 65.2 Å². The molecule has 1 aliphatic rings. The van der Waals surface area contributed by atoms with E-state index in [1.54, 1.807) is 0 Å². The molecule has 0 saturated carbocycles. The number of allylic oxidation sites excluding steroid dienone is 2. The van der Waals surface area contributed by atoms with Crippen LogP contribution in [-0.4, -0.2) is 11.5 Å². The van der Waals surface area contributed by atoms with Gasteiger partial charge in [0, 0.05) is 16.7 Å². The Morgan fingerprint density at radius 3 is 2.00 bits per heavy atom. The number of carbonyl (C=O) groups excluding carboxylic acids is 1. The van der Waals surface area contributed by atoms with Crippen LogP contribution in [0.2, 0.25) is 0 Å². The monoisotopic (exact) mass is 345 g/mol. The molecule has 0 N–H and O–H groups in total. The maximum Gasteiger partial charge on any atom is 0.190 e. The molecule has 0 amide bonds. The van der Waals surface area contributed by atoms with Crippen LogP contribution in [0.5, 0.6) is 0 Å². The molecule has 0 fully saturated rings. The number of rotatable bonds is 1. The van der Waals surface area contributed by atoms with Gasteiger partial charge in [-0.05, 0) is 40.7 Å². The second kappa shape index (κ2) is 6.35. The van der Waals surface area contributed by atoms with Crippen molar-refractivity contribution in [1.29, 1.82) is 0 Å². The van der Waals surface area contributed by atoms with Gasteiger partial charge < -0.3 is 0 Å². The number of carbonyl (C=O) groups is 1. The van der Waals surface area contributed by atoms with Gasteiger partial charge in [-0.15, -0.1) is 0 Å². The molecule has 0 saturated heterocycles. The fourth-order valence-electron chi connectivity index (χ4n) is 3.14. The number of hydrogen-bond donors (Lipinski definition) is 0. The summed E-state index contributed by atoms with van der Waals surface area (Å²) in [6.07, 6.45) is 1.98. The van der Waals surface area contributed by atoms with E-state index in [-0.39, 0.29) is 16.6 Å². The molecular weight excluding hydrogens is 318 g/mol. The molecule has 26 heavy (non-hydrogen) atoms. The molecule has 2 nitrogen and oxygen atoms in total. The van der Waals surface area contributed by atoms with Crippen molar-refractivity contribution in [2.75, 3.05) is 0 Å². The Balaban J connectivity index is 2.25. The van der Waals surface area contributed by atoms with Crippen molar-refractivity contribution < 1.29 is 4.79 Å². The van der Waals surface area contributed by atoms with Gasteiger partial charge in [-0.2, -0.15) is 0 Å². The largest absolute Gasteiger partial charge is 0.289 e. The zero-order chi connectivity index (χ0) is 19.1. The molecule has 0 radical (unpaired) electrons. The molecule has 2 heteroatoms. The fraction of sp³-hybridized carbons (Fsp3) is 0.333. The summed E-state index contributed by atoms with van der Waals surface area (Å²) in [4.78, 5) is 18.0. The molecule has 0 unspecified atom stereocenters. The van der Waals surface area contributed by atoms with Crippen molar-refractivity contribution >= 4 is 17.2 Å². The van der Waals surface area contributed by atoms with E-state index in [1.165, 1.54) is 5.56 Å². The molecular formula is C24H27NO. The van der Waals surface area contributed by atoms with Gasteiger partial charge >= 0.3 is 0 Å². The van der Waals surface area contributed by atoms with Gasteiger partial charge in [-0.25, -0.2) is 4.99 Å². The maximum absolute atomic E-state index is 13.1. The Hall–Kier alpha value is -2.48. The van der Waals surface area contributed by atoms with Crippen molar-refractivity contribution in [3.63, 3.8) is 0 Å². The number of nitrogens with zero attached hydrogens (tertiary/aromatic N) is 1. The first-order chi connectivity index (χ1) is 12.1. The number of benzene rings is 2. The summed E-state index contributed by atoms with van der Waals surface area (Å²) in [5.41, 5.74) is 5.24. The number of fused-ring (bicyclic) bond motifs is 1. The Labute approximate surface area is 156 Å². The summed E-state index contributed by atoms with van der Waals surface area (Å²) in [5.74, 6) is 0.111. The second-order valence-electron chi connectivity index (χ2n) is 8.98. The molecule has 2 aromatic rings. The standard InChI is InChI=1S/C24H27NO/c1-23(2,3)16-12-13-18-19(14-16)21(25-17-10-8-7-9-11-17)15-20(22(18)26)24(4,5)6/h7-15H,1-6H3. The third kappa shape index (κ3) is 3.55. The van der Waals surface area contributed by atoms with Gasteiger partial charge in [0.2, 0.25) is 0 Å². The summed E-state index contributed by atoms with van der Waals surface area (Å²) in [6.45, 7) is 12.8. The third-order valence-corrected chi connectivity index (χ3v) is 4.75. The van der Waals surface area contributed by atoms with Crippen LogP contribution < -0.4 is 0 Å². The lowest BCUT2D eigenvalue weighted by atomic mass is 9.75. The Kier molecular flexibility index (Phi) is 4.47. The van der Waals surface area contributed by atoms with Crippen molar-refractivity contribution in [2.45, 2.75) is 47.0 Å². The van der Waals surface area contributed by atoms with Gasteiger partial charge in [0.1, 0.15) is 0 Å². The van der Waals surface area contributed by atoms with E-state index >= 15 is 0 Å². The highest BCUT2D eigenvalue weighted by atomic mass is 16.1. The lowest BCUT2D eigenvalue weighted by molar-refractivity contribution is 0.101. The van der Waals surface area contributed by atoms with Gasteiger partial charge in [-0.1, -0.05) is 71.9 Å². The van der Waals surface area contributed by atoms with E-state index in [4.69, 9.17) is 4.99 Å². The lowest BCUT2D eigenvalue weighted by Crippen LogP contribution is -2.26. The number of ketones is 1. The molecule has 1 aliphatic carbocycles. The SMILES string of the molecule is CC(C)(C)C1=CC(=Nc2ccccc2)c2cc(C(C)(C)C)ccc2C1=O. The molecule has 0 atom stereocenters. The highest BCUT2D eigenvalue weighted by Gasteiger charge is 2.32. The van der Waals surface area contributed by atoms with Crippen molar-refractivity contribution in [2.24, 2.45) is 10.4 Å². The molecule has 0 aliphatic heterocycles. The average Bonchev–Trinajstić information content (AvgIpc) is 2.56. The third-order valence-electron chi connectivity index (χ3n) is 4.75. The summed E-state index contributed by atoms with van der Waals surface area (Å²) in [5, 5.41) is 0. The molecule has 0 bridgehead atoms. The first-order valence-corrected chi connectivity index (χ1v) is 9.13. The van der Waals surface area contributed by atoms with Crippen LogP contribution in [0.3, 0.4) is 0 Å². The summed E-state index contributed by atoms with van der Waals surface area (Å²) >= 11 is 0. The van der Waals surface area contributed by atoms with Gasteiger partial charge in [0.05, 0.1) is 11.4 Å². The van der Waals surface area contributed by atoms with Crippen LogP contribution in [-0.2, 0) is 5.41 Å². The number of hydrogen-bond acceptors (Lipinski definition) is 2. The van der Waals surface area contributed by atoms with Crippen LogP contribution in [0.4, 0.5) is 5.69 Å². The van der Waals surface area contributed by atoms with Crippen molar-refractivity contribution in [3.8, 4) is 0 Å². The minimum atomic E-state index is -0.227. The highest BCUT2D eigenvalue weighted by Crippen LogP contribution is 2.35. The Morgan fingerprint density at radius 1 is 0.769 bits per heavy atom. The number of Topliss-reactive ketones (excluding diaryl/α,β-unsaturated/α-hetero) is 1. The van der Waals surface area contributed by atoms with Gasteiger partial charge in [-0.3, -0.25) is 4.79 Å². The predicted octanol–water partition coefficient (Wildman–Crippen LogP) is 6.27. The van der Waals surface area contributed by atoms with E-state index in [9.17, 15) is 4.79 Å². The number of para-hydroxylation sites is 1. The Morgan fingerprint density at radius 2 is 1.42 bits per heavy atom. The smallest absolute Gasteiger partial charge is 0.190 e. The Bertz CT molecular complexity index is 903. The minimum Gasteiger partial charge on any atom is -0.289 e. The van der Waals surface area contributed by atoms with E-state index in [2.05, 4.69) is 53.7 Å². The molecule has 0 heterocycles. The average molecular weight is 345 g/mol. The second-order valence-corrected chi connectivity index (χ2v) is 8.98. The van der Waals surface area contributed by atoms with E-state index in [1.807, 2.05) is 42.5 Å². The van der Waals surface area contributed by atoms with Gasteiger partial charge in [0.25, 0.3) is 0 Å². The van der Waals surface area contributed by atoms with E-state index in [0.29, 0.717) is 0 Å². The lowest BCUT2D eigenvalue weighted by Gasteiger charge is -2.28. The van der Waals surface area contributed by atoms with E-state index < -0.39 is 0 Å². The number of aliphatic imine (C=N–C) groups is 1. The maximum atomic E-state index is 13.1. The molecule has 134 valence electrons. The summed E-state index contributed by atoms with van der Waals surface area (Å²) in [7, 11) is 0. The van der Waals surface area contributed by atoms with E-state index in [0.717, 1.165) is 28.1 Å². The molecule has 2 aromatic carbocycles. The summed E-state index contributed by atoms with van der Waals surface area (Å²) in [6, 6.07) is 16.1. The van der Waals surface area contributed by atoms with Crippen LogP contribution in [0, 0.1) is 5.41 Å². The molecule has 0 aromatic heterocycles. The zero-order valence-corrected chi connectivity index (χ0v) is 16.6. The van der Waals surface area contributed by atoms with Crippen LogP contribution in [0.25, 0.3) is 0 Å². The fourth-order valence-corrected chi connectivity index (χ4v) is 3.14. The molecule has 3 rings (SSSR count). The minimum absolute atomic E-state index is 0.0178. The molecule has 0 spiro atoms. The van der Waals surface area contributed by atoms with Crippen molar-refractivity contribution in [3.05, 3.63) is 76.9 Å². The quantitative estimate of drug-likeness (QED) is 0.598. The first-order valence-electron chi connectivity index (χ1n) is 9.13. The first kappa shape index (κ1) is 18.3. The van der Waals surface area contributed by atoms with Crippen LogP contribution >= 0.6 is 0 Å².